The van der Waals surface area contributed by atoms with Crippen molar-refractivity contribution in [1.82, 2.24) is 5.32 Å². The molecule has 4 nitrogen and oxygen atoms in total. The highest BCUT2D eigenvalue weighted by molar-refractivity contribution is 5.97. The summed E-state index contributed by atoms with van der Waals surface area (Å²) in [6, 6.07) is 7.22. The third kappa shape index (κ3) is 2.27. The Morgan fingerprint density at radius 2 is 2.27 bits per heavy atom. The van der Waals surface area contributed by atoms with Crippen molar-refractivity contribution in [3.63, 3.8) is 0 Å². The number of rotatable bonds is 2. The largest absolute Gasteiger partial charge is 0.397 e. The number of hydrogen-bond acceptors (Lipinski definition) is 3. The normalized spacial score (nSPS) is 20.1. The summed E-state index contributed by atoms with van der Waals surface area (Å²) in [4.78, 5) is 11.7. The first kappa shape index (κ1) is 9.98. The highest BCUT2D eigenvalue weighted by Crippen LogP contribution is 2.17. The quantitative estimate of drug-likeness (QED) is 0.630. The van der Waals surface area contributed by atoms with E-state index in [2.05, 4.69) is 10.6 Å². The first-order chi connectivity index (χ1) is 7.27. The van der Waals surface area contributed by atoms with Gasteiger partial charge in [0.05, 0.1) is 17.4 Å². The molecule has 1 amide bonds. The molecule has 0 spiro atoms. The number of benzene rings is 1. The number of nitrogens with one attached hydrogen (secondary N) is 2. The van der Waals surface area contributed by atoms with Crippen molar-refractivity contribution in [1.29, 1.82) is 0 Å². The molecule has 0 aromatic heterocycles. The van der Waals surface area contributed by atoms with Crippen LogP contribution in [0.4, 0.5) is 11.4 Å². The van der Waals surface area contributed by atoms with Crippen LogP contribution in [0.3, 0.4) is 0 Å². The molecule has 4 N–H and O–H groups in total. The summed E-state index contributed by atoms with van der Waals surface area (Å²) >= 11 is 0. The molecule has 4 heteroatoms. The van der Waals surface area contributed by atoms with Gasteiger partial charge in [-0.1, -0.05) is 12.1 Å². The topological polar surface area (TPSA) is 67.1 Å². The summed E-state index contributed by atoms with van der Waals surface area (Å²) in [6.45, 7) is 0.919. The number of amides is 1. The summed E-state index contributed by atoms with van der Waals surface area (Å²) in [6.07, 6.45) is 1.96. The van der Waals surface area contributed by atoms with Gasteiger partial charge in [-0.05, 0) is 31.5 Å². The zero-order valence-electron chi connectivity index (χ0n) is 8.49. The minimum atomic E-state index is -0.0652. The van der Waals surface area contributed by atoms with E-state index in [1.54, 1.807) is 6.07 Å². The molecule has 1 fully saturated rings. The second-order valence-corrected chi connectivity index (χ2v) is 3.73. The summed E-state index contributed by atoms with van der Waals surface area (Å²) in [5, 5.41) is 5.97. The number of carbonyl (C=O) groups is 1. The van der Waals surface area contributed by atoms with Crippen LogP contribution >= 0.6 is 0 Å². The van der Waals surface area contributed by atoms with Crippen molar-refractivity contribution >= 4 is 17.3 Å². The molecule has 1 heterocycles. The van der Waals surface area contributed by atoms with Crippen molar-refractivity contribution in [2.24, 2.45) is 0 Å². The summed E-state index contributed by atoms with van der Waals surface area (Å²) in [5.74, 6) is 0.00500. The van der Waals surface area contributed by atoms with E-state index >= 15 is 0 Å². The third-order valence-corrected chi connectivity index (χ3v) is 2.60. The van der Waals surface area contributed by atoms with E-state index < -0.39 is 0 Å². The monoisotopic (exact) mass is 205 g/mol. The fourth-order valence-corrected chi connectivity index (χ4v) is 1.74. The smallest absolute Gasteiger partial charge is 0.241 e. The molecule has 1 aromatic carbocycles. The van der Waals surface area contributed by atoms with Gasteiger partial charge in [0.25, 0.3) is 0 Å². The lowest BCUT2D eigenvalue weighted by molar-refractivity contribution is -0.117. The number of hydrogen-bond donors (Lipinski definition) is 3. The van der Waals surface area contributed by atoms with Crippen LogP contribution in [-0.2, 0) is 4.79 Å². The zero-order valence-corrected chi connectivity index (χ0v) is 8.49. The predicted molar refractivity (Wildman–Crippen MR) is 60.5 cm³/mol. The standard InChI is InChI=1S/C11H15N3O/c12-8-4-1-2-5-9(8)14-11(15)10-6-3-7-13-10/h1-2,4-5,10,13H,3,6-7,12H2,(H,14,15). The molecular formula is C11H15N3O. The van der Waals surface area contributed by atoms with E-state index in [1.807, 2.05) is 18.2 Å². The van der Waals surface area contributed by atoms with Crippen molar-refractivity contribution in [2.45, 2.75) is 18.9 Å². The first-order valence-electron chi connectivity index (χ1n) is 5.16. The van der Waals surface area contributed by atoms with Crippen LogP contribution in [0, 0.1) is 0 Å². The Bertz CT molecular complexity index is 359. The summed E-state index contributed by atoms with van der Waals surface area (Å²) in [7, 11) is 0. The van der Waals surface area contributed by atoms with Gasteiger partial charge in [0.15, 0.2) is 0 Å². The lowest BCUT2D eigenvalue weighted by Crippen LogP contribution is -2.35. The molecule has 0 radical (unpaired) electrons. The lowest BCUT2D eigenvalue weighted by Gasteiger charge is -2.12. The van der Waals surface area contributed by atoms with E-state index in [4.69, 9.17) is 5.73 Å². The van der Waals surface area contributed by atoms with Crippen LogP contribution in [0.5, 0.6) is 0 Å². The van der Waals surface area contributed by atoms with Gasteiger partial charge >= 0.3 is 0 Å². The molecule has 1 aliphatic rings. The van der Waals surface area contributed by atoms with Gasteiger partial charge in [-0.2, -0.15) is 0 Å². The molecule has 1 saturated heterocycles. The number of carbonyl (C=O) groups excluding carboxylic acids is 1. The average Bonchev–Trinajstić information content (AvgIpc) is 2.74. The molecule has 0 aliphatic carbocycles. The Hall–Kier alpha value is -1.55. The highest BCUT2D eigenvalue weighted by Gasteiger charge is 2.22. The van der Waals surface area contributed by atoms with Gasteiger partial charge in [-0.25, -0.2) is 0 Å². The summed E-state index contributed by atoms with van der Waals surface area (Å²) < 4.78 is 0. The molecule has 1 aliphatic heterocycles. The molecule has 2 rings (SSSR count). The molecule has 1 unspecified atom stereocenters. The highest BCUT2D eigenvalue weighted by atomic mass is 16.2. The Morgan fingerprint density at radius 3 is 2.93 bits per heavy atom. The molecule has 1 aromatic rings. The Labute approximate surface area is 88.9 Å². The first-order valence-corrected chi connectivity index (χ1v) is 5.16. The van der Waals surface area contributed by atoms with Crippen molar-refractivity contribution < 1.29 is 4.79 Å². The third-order valence-electron chi connectivity index (χ3n) is 2.60. The Balaban J connectivity index is 2.02. The number of anilines is 2. The minimum absolute atomic E-state index is 0.00500. The minimum Gasteiger partial charge on any atom is -0.397 e. The maximum Gasteiger partial charge on any atom is 0.241 e. The van der Waals surface area contributed by atoms with Gasteiger partial charge < -0.3 is 16.4 Å². The van der Waals surface area contributed by atoms with E-state index in [0.717, 1.165) is 19.4 Å². The van der Waals surface area contributed by atoms with E-state index in [0.29, 0.717) is 11.4 Å². The zero-order chi connectivity index (χ0) is 10.7. The number of nitrogen functional groups attached to an aromatic ring is 1. The second-order valence-electron chi connectivity index (χ2n) is 3.73. The molecule has 0 bridgehead atoms. The lowest BCUT2D eigenvalue weighted by atomic mass is 10.2. The van der Waals surface area contributed by atoms with E-state index in [9.17, 15) is 4.79 Å². The second kappa shape index (κ2) is 4.31. The van der Waals surface area contributed by atoms with Gasteiger partial charge in [0.2, 0.25) is 5.91 Å². The van der Waals surface area contributed by atoms with E-state index in [1.165, 1.54) is 0 Å². The van der Waals surface area contributed by atoms with Crippen LogP contribution in [0.1, 0.15) is 12.8 Å². The SMILES string of the molecule is Nc1ccccc1NC(=O)C1CCCN1. The summed E-state index contributed by atoms with van der Waals surface area (Å²) in [5.41, 5.74) is 7.02. The molecule has 1 atom stereocenters. The molecular weight excluding hydrogens is 190 g/mol. The van der Waals surface area contributed by atoms with Gasteiger partial charge in [0.1, 0.15) is 0 Å². The van der Waals surface area contributed by atoms with Gasteiger partial charge in [-0.3, -0.25) is 4.79 Å². The fraction of sp³-hybridized carbons (Fsp3) is 0.364. The Kier molecular flexibility index (Phi) is 2.87. The molecule has 80 valence electrons. The van der Waals surface area contributed by atoms with Crippen LogP contribution in [0.2, 0.25) is 0 Å². The maximum atomic E-state index is 11.7. The van der Waals surface area contributed by atoms with Crippen molar-refractivity contribution in [2.75, 3.05) is 17.6 Å². The number of para-hydroxylation sites is 2. The van der Waals surface area contributed by atoms with Crippen LogP contribution in [0.15, 0.2) is 24.3 Å². The van der Waals surface area contributed by atoms with Crippen LogP contribution < -0.4 is 16.4 Å². The predicted octanol–water partition coefficient (Wildman–Crippen LogP) is 0.959. The van der Waals surface area contributed by atoms with E-state index in [-0.39, 0.29) is 11.9 Å². The number of nitrogens with two attached hydrogens (primary N) is 1. The maximum absolute atomic E-state index is 11.7. The van der Waals surface area contributed by atoms with Crippen molar-refractivity contribution in [3.8, 4) is 0 Å². The average molecular weight is 205 g/mol. The van der Waals surface area contributed by atoms with Gasteiger partial charge in [-0.15, -0.1) is 0 Å². The fourth-order valence-electron chi connectivity index (χ4n) is 1.74. The van der Waals surface area contributed by atoms with Crippen molar-refractivity contribution in [3.05, 3.63) is 24.3 Å². The molecule has 15 heavy (non-hydrogen) atoms. The van der Waals surface area contributed by atoms with Crippen LogP contribution in [0.25, 0.3) is 0 Å². The van der Waals surface area contributed by atoms with Crippen LogP contribution in [-0.4, -0.2) is 18.5 Å². The van der Waals surface area contributed by atoms with Gasteiger partial charge in [0, 0.05) is 0 Å². The Morgan fingerprint density at radius 1 is 1.47 bits per heavy atom. The molecule has 0 saturated carbocycles.